The fourth-order valence-corrected chi connectivity index (χ4v) is 5.27. The first kappa shape index (κ1) is 32.0. The zero-order chi connectivity index (χ0) is 31.8. The highest BCUT2D eigenvalue weighted by Crippen LogP contribution is 2.36. The maximum Gasteiger partial charge on any atom is 0.245 e. The molecule has 0 saturated carbocycles. The van der Waals surface area contributed by atoms with Crippen LogP contribution >= 0.6 is 0 Å². The van der Waals surface area contributed by atoms with Gasteiger partial charge in [-0.2, -0.15) is 5.11 Å². The van der Waals surface area contributed by atoms with Gasteiger partial charge in [0.2, 0.25) is 5.91 Å². The Labute approximate surface area is 257 Å². The van der Waals surface area contributed by atoms with E-state index in [4.69, 9.17) is 15.3 Å². The van der Waals surface area contributed by atoms with Gasteiger partial charge in [-0.25, -0.2) is 24.9 Å². The average Bonchev–Trinajstić information content (AvgIpc) is 3.05. The van der Waals surface area contributed by atoms with Crippen molar-refractivity contribution in [1.82, 2.24) is 19.9 Å². The molecule has 0 fully saturated rings. The number of nitrogens with zero attached hydrogens (tertiary/aromatic N) is 5. The maximum absolute atomic E-state index is 15.7. The first-order valence-corrected chi connectivity index (χ1v) is 14.7. The quantitative estimate of drug-likeness (QED) is 0.0982. The Morgan fingerprint density at radius 3 is 2.64 bits per heavy atom. The van der Waals surface area contributed by atoms with E-state index >= 15 is 4.39 Å². The van der Waals surface area contributed by atoms with Gasteiger partial charge >= 0.3 is 0 Å². The first-order valence-electron chi connectivity index (χ1n) is 14.7. The second-order valence-electron chi connectivity index (χ2n) is 10.6. The maximum atomic E-state index is 15.7. The van der Waals surface area contributed by atoms with E-state index < -0.39 is 5.82 Å². The van der Waals surface area contributed by atoms with Crippen LogP contribution < -0.4 is 15.4 Å². The summed E-state index contributed by atoms with van der Waals surface area (Å²) in [5.41, 5.74) is 11.0. The number of anilines is 3. The summed E-state index contributed by atoms with van der Waals surface area (Å²) in [4.78, 5) is 27.8. The Bertz CT molecular complexity index is 1660. The van der Waals surface area contributed by atoms with Gasteiger partial charge in [-0.15, -0.1) is 0 Å². The van der Waals surface area contributed by atoms with Gasteiger partial charge in [0.05, 0.1) is 16.9 Å². The predicted octanol–water partition coefficient (Wildman–Crippen LogP) is 8.41. The number of pyridine rings is 1. The molecule has 0 aliphatic carbocycles. The highest BCUT2D eigenvalue weighted by molar-refractivity contribution is 5.87. The molecule has 2 aromatic heterocycles. The largest absolute Gasteiger partial charge is 0.457 e. The van der Waals surface area contributed by atoms with Crippen molar-refractivity contribution >= 4 is 39.8 Å². The number of aromatic nitrogens is 3. The van der Waals surface area contributed by atoms with E-state index in [1.807, 2.05) is 19.2 Å². The number of halogens is 1. The van der Waals surface area contributed by atoms with Crippen LogP contribution in [0.1, 0.15) is 56.7 Å². The Hall–Kier alpha value is -4.93. The summed E-state index contributed by atoms with van der Waals surface area (Å²) in [5.74, 6) is 0.655. The summed E-state index contributed by atoms with van der Waals surface area (Å²) in [7, 11) is 3.55. The lowest BCUT2D eigenvalue weighted by Crippen LogP contribution is -2.36. The molecule has 10 nitrogen and oxygen atoms in total. The minimum absolute atomic E-state index is 0.0335. The van der Waals surface area contributed by atoms with Crippen LogP contribution in [0.15, 0.2) is 66.6 Å². The van der Waals surface area contributed by atoms with Crippen LogP contribution in [0.4, 0.5) is 27.3 Å². The summed E-state index contributed by atoms with van der Waals surface area (Å²) in [6, 6.07) is 12.3. The molecule has 4 aromatic rings. The minimum Gasteiger partial charge on any atom is -0.457 e. The molecule has 0 spiro atoms. The zero-order valence-corrected chi connectivity index (χ0v) is 25.8. The topological polar surface area (TPSA) is 128 Å². The van der Waals surface area contributed by atoms with Crippen molar-refractivity contribution in [1.29, 1.82) is 5.53 Å². The minimum atomic E-state index is -0.493. The number of amides is 1. The summed E-state index contributed by atoms with van der Waals surface area (Å²) in [6.07, 6.45) is 6.16. The Morgan fingerprint density at radius 1 is 1.18 bits per heavy atom. The Balaban J connectivity index is 1.63. The van der Waals surface area contributed by atoms with Crippen LogP contribution in [-0.4, -0.2) is 45.9 Å². The van der Waals surface area contributed by atoms with Crippen molar-refractivity contribution in [2.75, 3.05) is 24.7 Å². The Morgan fingerprint density at radius 2 is 1.95 bits per heavy atom. The van der Waals surface area contributed by atoms with Gasteiger partial charge in [0, 0.05) is 43.4 Å². The van der Waals surface area contributed by atoms with Crippen LogP contribution in [0.25, 0.3) is 11.0 Å². The third-order valence-electron chi connectivity index (χ3n) is 7.83. The van der Waals surface area contributed by atoms with E-state index in [-0.39, 0.29) is 23.6 Å². The molecule has 1 amide bonds. The molecule has 0 saturated heterocycles. The third kappa shape index (κ3) is 6.99. The zero-order valence-electron chi connectivity index (χ0n) is 25.8. The molecule has 11 heteroatoms. The normalized spacial score (nSPS) is 12.3. The highest BCUT2D eigenvalue weighted by Gasteiger charge is 2.24. The van der Waals surface area contributed by atoms with Crippen LogP contribution in [0.2, 0.25) is 0 Å². The number of benzene rings is 2. The molecule has 4 rings (SSSR count). The fraction of sp³-hybridized carbons (Fsp3) is 0.333. The molecular weight excluding hydrogens is 559 g/mol. The second kappa shape index (κ2) is 14.5. The third-order valence-corrected chi connectivity index (χ3v) is 7.83. The van der Waals surface area contributed by atoms with Crippen LogP contribution in [0.3, 0.4) is 0 Å². The monoisotopic (exact) mass is 598 g/mol. The predicted molar refractivity (Wildman–Crippen MR) is 172 cm³/mol. The average molecular weight is 599 g/mol. The van der Waals surface area contributed by atoms with Gasteiger partial charge in [-0.1, -0.05) is 26.8 Å². The number of nitrogens with one attached hydrogen (secondary N) is 3. The molecule has 0 aliphatic heterocycles. The number of likely N-dealkylation sites (N-methyl/N-ethyl adjacent to an activating group) is 1. The number of carbonyl (C=O) groups excluding carboxylic acids is 1. The van der Waals surface area contributed by atoms with Gasteiger partial charge in [-0.05, 0) is 68.7 Å². The van der Waals surface area contributed by atoms with Crippen molar-refractivity contribution < 1.29 is 13.9 Å². The van der Waals surface area contributed by atoms with Crippen LogP contribution in [-0.2, 0) is 4.79 Å². The van der Waals surface area contributed by atoms with E-state index in [9.17, 15) is 4.79 Å². The standard InChI is InChI=1S/C33H39FN8O2/c1-7-10-21(17-22(8-2)42(6)30(43)9-3)24-13-14-27-32(39-24)33(38-19-37-27)40-26-15-16-29(20(4)31(26)34)44-23-11-12-25(36-5)28(18-23)41-35/h9,11-16,18-19,21-22,35-36H,3,7-8,10,17H2,1-2,4-6H3,(H,37,38,40). The summed E-state index contributed by atoms with van der Waals surface area (Å²) in [5, 5.41) is 9.60. The smallest absolute Gasteiger partial charge is 0.245 e. The lowest BCUT2D eigenvalue weighted by Gasteiger charge is -2.30. The van der Waals surface area contributed by atoms with Crippen molar-refractivity contribution in [3.8, 4) is 11.5 Å². The van der Waals surface area contributed by atoms with Crippen LogP contribution in [0.5, 0.6) is 11.5 Å². The Kier molecular flexibility index (Phi) is 10.5. The summed E-state index contributed by atoms with van der Waals surface area (Å²) < 4.78 is 21.6. The van der Waals surface area contributed by atoms with E-state index in [2.05, 4.69) is 46.1 Å². The molecular formula is C33H39FN8O2. The molecule has 0 aliphatic rings. The first-order chi connectivity index (χ1) is 21.2. The van der Waals surface area contributed by atoms with E-state index in [0.717, 1.165) is 31.4 Å². The van der Waals surface area contributed by atoms with Gasteiger partial charge in [0.25, 0.3) is 0 Å². The van der Waals surface area contributed by atoms with Crippen LogP contribution in [0, 0.1) is 18.3 Å². The van der Waals surface area contributed by atoms with Gasteiger partial charge in [-0.3, -0.25) is 4.79 Å². The number of hydrogen-bond donors (Lipinski definition) is 3. The number of fused-ring (bicyclic) bond motifs is 1. The van der Waals surface area contributed by atoms with Crippen molar-refractivity contribution in [2.45, 2.75) is 58.4 Å². The molecule has 0 radical (unpaired) electrons. The fourth-order valence-electron chi connectivity index (χ4n) is 5.27. The summed E-state index contributed by atoms with van der Waals surface area (Å²) >= 11 is 0. The molecule has 2 atom stereocenters. The molecule has 44 heavy (non-hydrogen) atoms. The number of rotatable bonds is 14. The molecule has 3 N–H and O–H groups in total. The molecule has 2 heterocycles. The van der Waals surface area contributed by atoms with E-state index in [1.54, 1.807) is 49.2 Å². The van der Waals surface area contributed by atoms with Crippen molar-refractivity contribution in [3.63, 3.8) is 0 Å². The molecule has 0 bridgehead atoms. The van der Waals surface area contributed by atoms with Crippen molar-refractivity contribution in [2.24, 2.45) is 5.11 Å². The van der Waals surface area contributed by atoms with Gasteiger partial charge in [0.1, 0.15) is 29.0 Å². The van der Waals surface area contributed by atoms with Gasteiger partial charge < -0.3 is 20.3 Å². The summed E-state index contributed by atoms with van der Waals surface area (Å²) in [6.45, 7) is 9.46. The number of hydrogen-bond acceptors (Lipinski definition) is 9. The van der Waals surface area contributed by atoms with Crippen molar-refractivity contribution in [3.05, 3.63) is 78.5 Å². The molecule has 230 valence electrons. The molecule has 2 aromatic carbocycles. The van der Waals surface area contributed by atoms with E-state index in [1.165, 1.54) is 12.4 Å². The lowest BCUT2D eigenvalue weighted by atomic mass is 9.90. The number of carbonyl (C=O) groups is 1. The van der Waals surface area contributed by atoms with Gasteiger partial charge in [0.15, 0.2) is 11.6 Å². The lowest BCUT2D eigenvalue weighted by molar-refractivity contribution is -0.127. The SMILES string of the molecule is C=CC(=O)N(C)C(CC)CC(CCC)c1ccc2ncnc(Nc3ccc(Oc4ccc(NC)c(N=N)c4)c(C)c3F)c2n1. The highest BCUT2D eigenvalue weighted by atomic mass is 19.1. The second-order valence-corrected chi connectivity index (χ2v) is 10.6. The number of ether oxygens (including phenoxy) is 1. The van der Waals surface area contributed by atoms with E-state index in [0.29, 0.717) is 45.3 Å². The molecule has 2 unspecified atom stereocenters.